The molecule has 0 radical (unpaired) electrons. The molecule has 0 bridgehead atoms. The zero-order valence-electron chi connectivity index (χ0n) is 14.3. The minimum Gasteiger partial charge on any atom is -0.399 e. The predicted molar refractivity (Wildman–Crippen MR) is 102 cm³/mol. The van der Waals surface area contributed by atoms with Gasteiger partial charge in [0, 0.05) is 35.3 Å². The van der Waals surface area contributed by atoms with E-state index in [0.717, 1.165) is 34.1 Å². The van der Waals surface area contributed by atoms with Gasteiger partial charge < -0.3 is 16.0 Å². The van der Waals surface area contributed by atoms with Crippen LogP contribution in [0.4, 0.5) is 11.5 Å². The molecule has 2 aromatic carbocycles. The number of nitrogens with one attached hydrogen (secondary N) is 1. The maximum absolute atomic E-state index is 13.0. The molecule has 1 heterocycles. The molecular formula is C20H20N4O. The number of hydrogen-bond acceptors (Lipinski definition) is 5. The fourth-order valence-electron chi connectivity index (χ4n) is 3.34. The normalized spacial score (nSPS) is 12.5. The summed E-state index contributed by atoms with van der Waals surface area (Å²) in [5, 5.41) is 4.30. The number of fused-ring (bicyclic) bond motifs is 5. The Labute approximate surface area is 146 Å². The van der Waals surface area contributed by atoms with Crippen LogP contribution in [0, 0.1) is 0 Å². The number of hydrogen-bond donors (Lipinski definition) is 2. The summed E-state index contributed by atoms with van der Waals surface area (Å²) in [6.07, 6.45) is 0. The van der Waals surface area contributed by atoms with Gasteiger partial charge in [-0.15, -0.1) is 0 Å². The molecule has 1 aliphatic rings. The highest BCUT2D eigenvalue weighted by Crippen LogP contribution is 2.43. The summed E-state index contributed by atoms with van der Waals surface area (Å²) >= 11 is 0. The molecule has 3 aromatic rings. The summed E-state index contributed by atoms with van der Waals surface area (Å²) in [5.41, 5.74) is 10.7. The lowest BCUT2D eigenvalue weighted by molar-refractivity contribution is 0.104. The van der Waals surface area contributed by atoms with Crippen LogP contribution in [0.5, 0.6) is 0 Å². The van der Waals surface area contributed by atoms with Gasteiger partial charge >= 0.3 is 0 Å². The summed E-state index contributed by atoms with van der Waals surface area (Å²) in [4.78, 5) is 19.8. The van der Waals surface area contributed by atoms with Crippen LogP contribution in [-0.4, -0.2) is 42.9 Å². The molecule has 0 saturated heterocycles. The van der Waals surface area contributed by atoms with Crippen molar-refractivity contribution in [2.45, 2.75) is 0 Å². The first-order chi connectivity index (χ1) is 12.1. The highest BCUT2D eigenvalue weighted by molar-refractivity contribution is 6.28. The smallest absolute Gasteiger partial charge is 0.198 e. The predicted octanol–water partition coefficient (Wildman–Crippen LogP) is 3.00. The molecule has 0 aliphatic heterocycles. The minimum atomic E-state index is 0.0316. The quantitative estimate of drug-likeness (QED) is 0.562. The summed E-state index contributed by atoms with van der Waals surface area (Å²) in [6.45, 7) is 1.57. The van der Waals surface area contributed by atoms with E-state index in [9.17, 15) is 4.79 Å². The van der Waals surface area contributed by atoms with E-state index in [2.05, 4.69) is 10.2 Å². The van der Waals surface area contributed by atoms with Gasteiger partial charge in [-0.1, -0.05) is 30.3 Å². The van der Waals surface area contributed by atoms with E-state index in [0.29, 0.717) is 23.6 Å². The Morgan fingerprint density at radius 1 is 1.08 bits per heavy atom. The van der Waals surface area contributed by atoms with E-state index < -0.39 is 0 Å². The Hall–Kier alpha value is -2.92. The summed E-state index contributed by atoms with van der Waals surface area (Å²) in [5.74, 6) is 0.667. The molecule has 0 fully saturated rings. The minimum absolute atomic E-state index is 0.0316. The topological polar surface area (TPSA) is 71.2 Å². The third-order valence-corrected chi connectivity index (χ3v) is 4.53. The van der Waals surface area contributed by atoms with Gasteiger partial charge in [0.05, 0.1) is 11.1 Å². The van der Waals surface area contributed by atoms with Crippen LogP contribution in [0.25, 0.3) is 22.0 Å². The molecule has 0 atom stereocenters. The fourth-order valence-corrected chi connectivity index (χ4v) is 3.34. The van der Waals surface area contributed by atoms with Crippen LogP contribution in [0.1, 0.15) is 15.9 Å². The average molecular weight is 332 g/mol. The second-order valence-corrected chi connectivity index (χ2v) is 6.59. The van der Waals surface area contributed by atoms with Crippen LogP contribution in [0.3, 0.4) is 0 Å². The lowest BCUT2D eigenvalue weighted by atomic mass is 10.0. The van der Waals surface area contributed by atoms with Gasteiger partial charge in [0.1, 0.15) is 5.82 Å². The van der Waals surface area contributed by atoms with Crippen molar-refractivity contribution in [3.05, 3.63) is 53.6 Å². The first-order valence-corrected chi connectivity index (χ1v) is 8.32. The number of likely N-dealkylation sites (N-methyl/N-ethyl adjacent to an activating group) is 1. The molecule has 5 heteroatoms. The van der Waals surface area contributed by atoms with Crippen molar-refractivity contribution in [1.29, 1.82) is 0 Å². The molecule has 3 N–H and O–H groups in total. The Kier molecular flexibility index (Phi) is 3.66. The van der Waals surface area contributed by atoms with Crippen molar-refractivity contribution in [1.82, 2.24) is 9.88 Å². The van der Waals surface area contributed by atoms with Crippen LogP contribution in [0.2, 0.25) is 0 Å². The Balaban J connectivity index is 1.94. The van der Waals surface area contributed by atoms with Gasteiger partial charge in [0.25, 0.3) is 0 Å². The number of pyridine rings is 1. The molecule has 1 aliphatic carbocycles. The van der Waals surface area contributed by atoms with Crippen LogP contribution < -0.4 is 11.1 Å². The fraction of sp³-hybridized carbons (Fsp3) is 0.200. The van der Waals surface area contributed by atoms with Crippen molar-refractivity contribution in [3.63, 3.8) is 0 Å². The molecule has 5 nitrogen and oxygen atoms in total. The molecule has 4 rings (SSSR count). The van der Waals surface area contributed by atoms with Crippen LogP contribution >= 0.6 is 0 Å². The van der Waals surface area contributed by atoms with Crippen molar-refractivity contribution in [2.24, 2.45) is 0 Å². The van der Waals surface area contributed by atoms with E-state index in [1.807, 2.05) is 56.6 Å². The van der Waals surface area contributed by atoms with E-state index >= 15 is 0 Å². The number of aromatic nitrogens is 1. The Morgan fingerprint density at radius 3 is 2.60 bits per heavy atom. The lowest BCUT2D eigenvalue weighted by Gasteiger charge is -2.15. The Morgan fingerprint density at radius 2 is 1.84 bits per heavy atom. The van der Waals surface area contributed by atoms with Gasteiger partial charge in [0.2, 0.25) is 0 Å². The number of nitrogens with two attached hydrogens (primary N) is 1. The zero-order chi connectivity index (χ0) is 17.6. The van der Waals surface area contributed by atoms with Crippen LogP contribution in [0.15, 0.2) is 42.5 Å². The molecule has 25 heavy (non-hydrogen) atoms. The highest BCUT2D eigenvalue weighted by Gasteiger charge is 2.31. The molecule has 0 amide bonds. The third-order valence-electron chi connectivity index (χ3n) is 4.53. The number of carbonyl (C=O) groups excluding carboxylic acids is 1. The maximum Gasteiger partial charge on any atom is 0.198 e. The number of carbonyl (C=O) groups is 1. The van der Waals surface area contributed by atoms with Gasteiger partial charge in [-0.05, 0) is 31.8 Å². The van der Waals surface area contributed by atoms with Crippen molar-refractivity contribution in [3.8, 4) is 11.1 Å². The molecule has 0 spiro atoms. The van der Waals surface area contributed by atoms with Gasteiger partial charge in [-0.25, -0.2) is 4.98 Å². The number of anilines is 2. The lowest BCUT2D eigenvalue weighted by Crippen LogP contribution is -2.22. The van der Waals surface area contributed by atoms with E-state index in [-0.39, 0.29) is 5.78 Å². The number of nitrogen functional groups attached to an aromatic ring is 1. The van der Waals surface area contributed by atoms with Crippen LogP contribution in [-0.2, 0) is 0 Å². The van der Waals surface area contributed by atoms with Crippen molar-refractivity contribution in [2.75, 3.05) is 38.2 Å². The highest BCUT2D eigenvalue weighted by atomic mass is 16.1. The van der Waals surface area contributed by atoms with Gasteiger partial charge in [-0.2, -0.15) is 0 Å². The van der Waals surface area contributed by atoms with Gasteiger partial charge in [0.15, 0.2) is 5.78 Å². The maximum atomic E-state index is 13.0. The molecule has 1 aromatic heterocycles. The third kappa shape index (κ3) is 2.53. The van der Waals surface area contributed by atoms with E-state index in [4.69, 9.17) is 10.7 Å². The van der Waals surface area contributed by atoms with E-state index in [1.165, 1.54) is 0 Å². The summed E-state index contributed by atoms with van der Waals surface area (Å²) in [7, 11) is 4.03. The summed E-state index contributed by atoms with van der Waals surface area (Å²) in [6, 6.07) is 13.4. The monoisotopic (exact) mass is 332 g/mol. The number of ketones is 1. The van der Waals surface area contributed by atoms with E-state index in [1.54, 1.807) is 0 Å². The summed E-state index contributed by atoms with van der Waals surface area (Å²) < 4.78 is 0. The number of nitrogens with zero attached hydrogens (tertiary/aromatic N) is 2. The molecular weight excluding hydrogens is 312 g/mol. The standard InChI is InChI=1S/C20H20N4O/c1-24(2)10-9-22-20-18-17(13-5-3-4-6-14(13)19(18)25)15-8-7-12(21)11-16(15)23-20/h3-8,11H,9-10,21H2,1-2H3,(H,22,23). The number of rotatable bonds is 4. The number of benzene rings is 2. The Bertz CT molecular complexity index is 994. The molecule has 126 valence electrons. The van der Waals surface area contributed by atoms with Crippen molar-refractivity contribution >= 4 is 28.2 Å². The SMILES string of the molecule is CN(C)CCNc1nc2cc(N)ccc2c2c1C(=O)c1ccccc1-2. The second kappa shape index (κ2) is 5.86. The first kappa shape index (κ1) is 15.6. The second-order valence-electron chi connectivity index (χ2n) is 6.59. The average Bonchev–Trinajstić information content (AvgIpc) is 2.88. The first-order valence-electron chi connectivity index (χ1n) is 8.32. The largest absolute Gasteiger partial charge is 0.399 e. The van der Waals surface area contributed by atoms with Gasteiger partial charge in [-0.3, -0.25) is 4.79 Å². The van der Waals surface area contributed by atoms with Crippen molar-refractivity contribution < 1.29 is 4.79 Å². The zero-order valence-corrected chi connectivity index (χ0v) is 14.3. The molecule has 0 saturated carbocycles. The molecule has 0 unspecified atom stereocenters.